The number of rotatable bonds is 5. The van der Waals surface area contributed by atoms with Crippen molar-refractivity contribution in [3.05, 3.63) is 47.5 Å². The highest BCUT2D eigenvalue weighted by atomic mass is 16.2. The number of nitrogens with zero attached hydrogens (tertiary/aromatic N) is 2. The third-order valence-electron chi connectivity index (χ3n) is 4.55. The number of aryl methyl sites for hydroxylation is 2. The Morgan fingerprint density at radius 2 is 1.63 bits per heavy atom. The zero-order valence-electron chi connectivity index (χ0n) is 15.7. The van der Waals surface area contributed by atoms with E-state index in [1.54, 1.807) is 18.2 Å². The molecule has 0 saturated heterocycles. The number of urea groups is 1. The van der Waals surface area contributed by atoms with E-state index in [0.717, 1.165) is 37.1 Å². The predicted octanol–water partition coefficient (Wildman–Crippen LogP) is 3.54. The Morgan fingerprint density at radius 3 is 2.30 bits per heavy atom. The van der Waals surface area contributed by atoms with Crippen molar-refractivity contribution in [1.82, 2.24) is 15.3 Å². The van der Waals surface area contributed by atoms with Gasteiger partial charge in [-0.05, 0) is 51.0 Å². The average Bonchev–Trinajstić information content (AvgIpc) is 3.14. The van der Waals surface area contributed by atoms with Gasteiger partial charge in [0.05, 0.1) is 6.54 Å². The standard InChI is InChI=1S/C20H25N5O2/c1-13-10-14(2)23-18(22-13)12-21-20(27)25-17-9-5-8-16(11-17)24-19(26)15-6-3-4-7-15/h5,8-11,15H,3-4,6-7,12H2,1-2H3,(H,24,26)(H2,21,25,27). The van der Waals surface area contributed by atoms with Crippen LogP contribution in [-0.4, -0.2) is 21.9 Å². The van der Waals surface area contributed by atoms with E-state index in [2.05, 4.69) is 25.9 Å². The second-order valence-electron chi connectivity index (χ2n) is 6.93. The van der Waals surface area contributed by atoms with E-state index in [9.17, 15) is 9.59 Å². The van der Waals surface area contributed by atoms with Crippen LogP contribution < -0.4 is 16.0 Å². The molecular formula is C20H25N5O2. The molecule has 27 heavy (non-hydrogen) atoms. The van der Waals surface area contributed by atoms with Gasteiger partial charge in [0.15, 0.2) is 0 Å². The van der Waals surface area contributed by atoms with Gasteiger partial charge in [0, 0.05) is 28.7 Å². The van der Waals surface area contributed by atoms with Crippen molar-refractivity contribution in [3.8, 4) is 0 Å². The van der Waals surface area contributed by atoms with Gasteiger partial charge in [0.25, 0.3) is 0 Å². The number of nitrogens with one attached hydrogen (secondary N) is 3. The minimum atomic E-state index is -0.350. The van der Waals surface area contributed by atoms with E-state index in [0.29, 0.717) is 17.2 Å². The fourth-order valence-corrected chi connectivity index (χ4v) is 3.32. The van der Waals surface area contributed by atoms with Crippen molar-refractivity contribution in [2.24, 2.45) is 5.92 Å². The molecule has 1 heterocycles. The molecule has 0 spiro atoms. The summed E-state index contributed by atoms with van der Waals surface area (Å²) in [6, 6.07) is 8.68. The fourth-order valence-electron chi connectivity index (χ4n) is 3.32. The van der Waals surface area contributed by atoms with E-state index < -0.39 is 0 Å². The van der Waals surface area contributed by atoms with E-state index in [4.69, 9.17) is 0 Å². The highest BCUT2D eigenvalue weighted by molar-refractivity contribution is 5.94. The molecule has 3 amide bonds. The van der Waals surface area contributed by atoms with E-state index in [-0.39, 0.29) is 24.4 Å². The molecule has 1 fully saturated rings. The van der Waals surface area contributed by atoms with Gasteiger partial charge in [-0.25, -0.2) is 14.8 Å². The van der Waals surface area contributed by atoms with Crippen LogP contribution in [0.2, 0.25) is 0 Å². The molecule has 1 aromatic carbocycles. The minimum absolute atomic E-state index is 0.0565. The number of carbonyl (C=O) groups excluding carboxylic acids is 2. The van der Waals surface area contributed by atoms with Crippen LogP contribution in [0.3, 0.4) is 0 Å². The van der Waals surface area contributed by atoms with Crippen LogP contribution in [-0.2, 0) is 11.3 Å². The van der Waals surface area contributed by atoms with E-state index in [1.807, 2.05) is 26.0 Å². The van der Waals surface area contributed by atoms with Crippen molar-refractivity contribution < 1.29 is 9.59 Å². The van der Waals surface area contributed by atoms with Crippen molar-refractivity contribution in [2.75, 3.05) is 10.6 Å². The number of carbonyl (C=O) groups is 2. The van der Waals surface area contributed by atoms with Crippen LogP contribution in [0.4, 0.5) is 16.2 Å². The number of hydrogen-bond donors (Lipinski definition) is 3. The molecule has 0 atom stereocenters. The maximum absolute atomic E-state index is 12.2. The Hall–Kier alpha value is -2.96. The zero-order valence-corrected chi connectivity index (χ0v) is 15.7. The summed E-state index contributed by atoms with van der Waals surface area (Å²) in [5, 5.41) is 8.45. The molecule has 1 aliphatic rings. The first-order chi connectivity index (χ1) is 13.0. The molecule has 0 aliphatic heterocycles. The summed E-state index contributed by atoms with van der Waals surface area (Å²) in [4.78, 5) is 33.0. The van der Waals surface area contributed by atoms with Gasteiger partial charge in [-0.15, -0.1) is 0 Å². The summed E-state index contributed by atoms with van der Waals surface area (Å²) < 4.78 is 0. The Morgan fingerprint density at radius 1 is 1.00 bits per heavy atom. The SMILES string of the molecule is Cc1cc(C)nc(CNC(=O)Nc2cccc(NC(=O)C3CCCC3)c2)n1. The van der Waals surface area contributed by atoms with Crippen LogP contribution in [0.15, 0.2) is 30.3 Å². The molecule has 7 nitrogen and oxygen atoms in total. The first-order valence-corrected chi connectivity index (χ1v) is 9.26. The summed E-state index contributed by atoms with van der Waals surface area (Å²) in [5.41, 5.74) is 3.02. The second kappa shape index (κ2) is 8.62. The summed E-state index contributed by atoms with van der Waals surface area (Å²) in [5.74, 6) is 0.726. The lowest BCUT2D eigenvalue weighted by Crippen LogP contribution is -2.29. The minimum Gasteiger partial charge on any atom is -0.331 e. The Balaban J connectivity index is 1.53. The third-order valence-corrected chi connectivity index (χ3v) is 4.55. The molecule has 0 bridgehead atoms. The van der Waals surface area contributed by atoms with E-state index >= 15 is 0 Å². The number of hydrogen-bond acceptors (Lipinski definition) is 4. The van der Waals surface area contributed by atoms with Gasteiger partial charge in [0.1, 0.15) is 5.82 Å². The molecule has 1 aliphatic carbocycles. The van der Waals surface area contributed by atoms with Gasteiger partial charge in [-0.2, -0.15) is 0 Å². The largest absolute Gasteiger partial charge is 0.331 e. The third kappa shape index (κ3) is 5.51. The molecule has 0 unspecified atom stereocenters. The Kier molecular flexibility index (Phi) is 6.01. The van der Waals surface area contributed by atoms with Crippen LogP contribution in [0, 0.1) is 19.8 Å². The lowest BCUT2D eigenvalue weighted by atomic mass is 10.1. The normalized spacial score (nSPS) is 14.0. The number of benzene rings is 1. The molecule has 1 saturated carbocycles. The highest BCUT2D eigenvalue weighted by Gasteiger charge is 2.22. The summed E-state index contributed by atoms with van der Waals surface area (Å²) >= 11 is 0. The number of anilines is 2. The first-order valence-electron chi connectivity index (χ1n) is 9.26. The molecule has 1 aromatic heterocycles. The lowest BCUT2D eigenvalue weighted by molar-refractivity contribution is -0.119. The maximum atomic E-state index is 12.2. The fraction of sp³-hybridized carbons (Fsp3) is 0.400. The van der Waals surface area contributed by atoms with Gasteiger partial charge >= 0.3 is 6.03 Å². The first kappa shape index (κ1) is 18.8. The molecule has 7 heteroatoms. The van der Waals surface area contributed by atoms with Crippen molar-refractivity contribution in [1.29, 1.82) is 0 Å². The Labute approximate surface area is 159 Å². The van der Waals surface area contributed by atoms with Crippen LogP contribution >= 0.6 is 0 Å². The van der Waals surface area contributed by atoms with E-state index in [1.165, 1.54) is 0 Å². The van der Waals surface area contributed by atoms with Crippen molar-refractivity contribution >= 4 is 23.3 Å². The van der Waals surface area contributed by atoms with Gasteiger partial charge < -0.3 is 16.0 Å². The summed E-state index contributed by atoms with van der Waals surface area (Å²) in [6.45, 7) is 4.03. The smallest absolute Gasteiger partial charge is 0.319 e. The van der Waals surface area contributed by atoms with Crippen LogP contribution in [0.5, 0.6) is 0 Å². The lowest BCUT2D eigenvalue weighted by Gasteiger charge is -2.12. The number of amides is 3. The van der Waals surface area contributed by atoms with Gasteiger partial charge in [-0.1, -0.05) is 18.9 Å². The van der Waals surface area contributed by atoms with Crippen molar-refractivity contribution in [3.63, 3.8) is 0 Å². The molecule has 2 aromatic rings. The van der Waals surface area contributed by atoms with Crippen LogP contribution in [0.1, 0.15) is 42.9 Å². The van der Waals surface area contributed by atoms with Crippen LogP contribution in [0.25, 0.3) is 0 Å². The predicted molar refractivity (Wildman–Crippen MR) is 104 cm³/mol. The maximum Gasteiger partial charge on any atom is 0.319 e. The zero-order chi connectivity index (χ0) is 19.2. The van der Waals surface area contributed by atoms with Gasteiger partial charge in [-0.3, -0.25) is 4.79 Å². The average molecular weight is 367 g/mol. The highest BCUT2D eigenvalue weighted by Crippen LogP contribution is 2.26. The number of aromatic nitrogens is 2. The summed E-state index contributed by atoms with van der Waals surface area (Å²) in [7, 11) is 0. The quantitative estimate of drug-likeness (QED) is 0.753. The molecule has 0 radical (unpaired) electrons. The van der Waals surface area contributed by atoms with Gasteiger partial charge in [0.2, 0.25) is 5.91 Å². The molecule has 3 N–H and O–H groups in total. The topological polar surface area (TPSA) is 96.0 Å². The molecule has 142 valence electrons. The molecular weight excluding hydrogens is 342 g/mol. The summed E-state index contributed by atoms with van der Waals surface area (Å²) in [6.07, 6.45) is 4.13. The molecule has 3 rings (SSSR count). The monoisotopic (exact) mass is 367 g/mol. The Bertz CT molecular complexity index is 811. The van der Waals surface area contributed by atoms with Crippen molar-refractivity contribution in [2.45, 2.75) is 46.1 Å². The second-order valence-corrected chi connectivity index (χ2v) is 6.93.